The Hall–Kier alpha value is -1.86. The maximum absolute atomic E-state index is 10.9. The lowest BCUT2D eigenvalue weighted by molar-refractivity contribution is -0.385. The van der Waals surface area contributed by atoms with E-state index in [4.69, 9.17) is 9.84 Å². The molecule has 2 rings (SSSR count). The molecule has 1 aromatic carbocycles. The van der Waals surface area contributed by atoms with E-state index in [1.54, 1.807) is 6.07 Å². The van der Waals surface area contributed by atoms with Crippen molar-refractivity contribution >= 4 is 24.1 Å². The van der Waals surface area contributed by atoms with Gasteiger partial charge in [0.1, 0.15) is 5.75 Å². The molecule has 1 aliphatic heterocycles. The topological polar surface area (TPSA) is 92.9 Å². The maximum atomic E-state index is 10.9. The van der Waals surface area contributed by atoms with Gasteiger partial charge in [0.25, 0.3) is 5.69 Å². The standard InChI is InChI=1S/C13H16N2O5.ClH/c1-20-12-3-2-11(15(18)19)6-10(12)8-14-5-4-9(7-14)13(16)17;/h2-3,6,9H,4-5,7-8H2,1H3,(H,16,17);1H. The minimum Gasteiger partial charge on any atom is -0.496 e. The summed E-state index contributed by atoms with van der Waals surface area (Å²) in [7, 11) is 1.51. The van der Waals surface area contributed by atoms with Crippen LogP contribution in [0.1, 0.15) is 12.0 Å². The van der Waals surface area contributed by atoms with E-state index in [-0.39, 0.29) is 24.0 Å². The third kappa shape index (κ3) is 4.05. The number of rotatable bonds is 5. The summed E-state index contributed by atoms with van der Waals surface area (Å²) in [6, 6.07) is 4.44. The number of carboxylic acids is 1. The molecule has 1 atom stereocenters. The fourth-order valence-electron chi connectivity index (χ4n) is 2.42. The van der Waals surface area contributed by atoms with Gasteiger partial charge in [0, 0.05) is 30.8 Å². The van der Waals surface area contributed by atoms with E-state index in [1.807, 2.05) is 4.90 Å². The van der Waals surface area contributed by atoms with Crippen molar-refractivity contribution in [2.24, 2.45) is 5.92 Å². The Kier molecular flexibility index (Phi) is 5.92. The Morgan fingerprint density at radius 2 is 2.29 bits per heavy atom. The number of methoxy groups -OCH3 is 1. The first-order valence-electron chi connectivity index (χ1n) is 6.27. The van der Waals surface area contributed by atoms with Gasteiger partial charge >= 0.3 is 5.97 Å². The molecule has 7 nitrogen and oxygen atoms in total. The first kappa shape index (κ1) is 17.2. The van der Waals surface area contributed by atoms with Crippen molar-refractivity contribution in [3.8, 4) is 5.75 Å². The number of carboxylic acid groups (broad SMARTS) is 1. The molecule has 0 radical (unpaired) electrons. The smallest absolute Gasteiger partial charge is 0.307 e. The maximum Gasteiger partial charge on any atom is 0.307 e. The van der Waals surface area contributed by atoms with Crippen molar-refractivity contribution < 1.29 is 19.6 Å². The van der Waals surface area contributed by atoms with Gasteiger partial charge in [-0.25, -0.2) is 0 Å². The monoisotopic (exact) mass is 316 g/mol. The van der Waals surface area contributed by atoms with E-state index in [2.05, 4.69) is 0 Å². The molecule has 0 aliphatic carbocycles. The summed E-state index contributed by atoms with van der Waals surface area (Å²) >= 11 is 0. The highest BCUT2D eigenvalue weighted by Gasteiger charge is 2.28. The van der Waals surface area contributed by atoms with Crippen LogP contribution in [0.2, 0.25) is 0 Å². The molecule has 1 saturated heterocycles. The van der Waals surface area contributed by atoms with Gasteiger partial charge in [0.15, 0.2) is 0 Å². The van der Waals surface area contributed by atoms with Crippen LogP contribution in [0.25, 0.3) is 0 Å². The van der Waals surface area contributed by atoms with E-state index < -0.39 is 10.9 Å². The number of nitro groups is 1. The number of benzene rings is 1. The summed E-state index contributed by atoms with van der Waals surface area (Å²) in [5, 5.41) is 19.8. The van der Waals surface area contributed by atoms with Crippen LogP contribution >= 0.6 is 12.4 Å². The molecule has 1 aliphatic rings. The molecule has 0 saturated carbocycles. The van der Waals surface area contributed by atoms with Crippen molar-refractivity contribution in [3.63, 3.8) is 0 Å². The largest absolute Gasteiger partial charge is 0.496 e. The predicted molar refractivity (Wildman–Crippen MR) is 77.9 cm³/mol. The Labute approximate surface area is 128 Å². The Morgan fingerprint density at radius 3 is 2.81 bits per heavy atom. The van der Waals surface area contributed by atoms with E-state index >= 15 is 0 Å². The number of aliphatic carboxylic acids is 1. The second kappa shape index (κ2) is 7.24. The average molecular weight is 317 g/mol. The van der Waals surface area contributed by atoms with Crippen LogP contribution in [0.4, 0.5) is 5.69 Å². The molecule has 1 heterocycles. The van der Waals surface area contributed by atoms with Crippen LogP contribution in [0.15, 0.2) is 18.2 Å². The Balaban J connectivity index is 0.00000220. The number of hydrogen-bond donors (Lipinski definition) is 1. The number of nitro benzene ring substituents is 1. The van der Waals surface area contributed by atoms with Crippen molar-refractivity contribution in [2.45, 2.75) is 13.0 Å². The molecule has 1 fully saturated rings. The third-order valence-electron chi connectivity index (χ3n) is 3.49. The second-order valence-electron chi connectivity index (χ2n) is 4.81. The highest BCUT2D eigenvalue weighted by molar-refractivity contribution is 5.85. The van der Waals surface area contributed by atoms with E-state index in [0.717, 1.165) is 0 Å². The second-order valence-corrected chi connectivity index (χ2v) is 4.81. The van der Waals surface area contributed by atoms with Crippen LogP contribution in [0.3, 0.4) is 0 Å². The van der Waals surface area contributed by atoms with Crippen molar-refractivity contribution in [1.29, 1.82) is 0 Å². The zero-order chi connectivity index (χ0) is 14.7. The number of likely N-dealkylation sites (tertiary alicyclic amines) is 1. The minimum absolute atomic E-state index is 0. The summed E-state index contributed by atoms with van der Waals surface area (Å²) in [4.78, 5) is 23.3. The first-order chi connectivity index (χ1) is 9.51. The number of nitrogens with zero attached hydrogens (tertiary/aromatic N) is 2. The average Bonchev–Trinajstić information content (AvgIpc) is 2.87. The molecule has 116 valence electrons. The van der Waals surface area contributed by atoms with Crippen LogP contribution in [-0.4, -0.2) is 41.1 Å². The van der Waals surface area contributed by atoms with E-state index in [0.29, 0.717) is 37.4 Å². The summed E-state index contributed by atoms with van der Waals surface area (Å²) in [6.45, 7) is 1.58. The molecule has 0 spiro atoms. The van der Waals surface area contributed by atoms with Crippen molar-refractivity contribution in [2.75, 3.05) is 20.2 Å². The first-order valence-corrected chi connectivity index (χ1v) is 6.27. The molecular formula is C13H17ClN2O5. The van der Waals surface area contributed by atoms with Gasteiger partial charge in [-0.1, -0.05) is 0 Å². The highest BCUT2D eigenvalue weighted by atomic mass is 35.5. The third-order valence-corrected chi connectivity index (χ3v) is 3.49. The van der Waals surface area contributed by atoms with Gasteiger partial charge in [-0.3, -0.25) is 19.8 Å². The fraction of sp³-hybridized carbons (Fsp3) is 0.462. The molecule has 0 bridgehead atoms. The number of hydrogen-bond acceptors (Lipinski definition) is 5. The molecule has 0 amide bonds. The normalized spacial score (nSPS) is 18.0. The summed E-state index contributed by atoms with van der Waals surface area (Å²) in [6.07, 6.45) is 0.604. The summed E-state index contributed by atoms with van der Waals surface area (Å²) in [5.41, 5.74) is 0.711. The van der Waals surface area contributed by atoms with Crippen molar-refractivity contribution in [1.82, 2.24) is 4.90 Å². The molecule has 21 heavy (non-hydrogen) atoms. The quantitative estimate of drug-likeness (QED) is 0.659. The number of carbonyl (C=O) groups is 1. The van der Waals surface area contributed by atoms with Crippen molar-refractivity contribution in [3.05, 3.63) is 33.9 Å². The van der Waals surface area contributed by atoms with Gasteiger partial charge in [-0.15, -0.1) is 12.4 Å². The lowest BCUT2D eigenvalue weighted by Crippen LogP contribution is -2.23. The van der Waals surface area contributed by atoms with Gasteiger partial charge < -0.3 is 9.84 Å². The highest BCUT2D eigenvalue weighted by Crippen LogP contribution is 2.27. The van der Waals surface area contributed by atoms with Gasteiger partial charge in [0.05, 0.1) is 18.0 Å². The predicted octanol–water partition coefficient (Wildman–Crippen LogP) is 1.93. The van der Waals surface area contributed by atoms with Crippen LogP contribution in [-0.2, 0) is 11.3 Å². The lowest BCUT2D eigenvalue weighted by Gasteiger charge is -2.17. The SMILES string of the molecule is COc1ccc([N+](=O)[O-])cc1CN1CCC(C(=O)O)C1.Cl. The van der Waals surface area contributed by atoms with Crippen LogP contribution in [0, 0.1) is 16.0 Å². The van der Waals surface area contributed by atoms with Gasteiger partial charge in [0.2, 0.25) is 0 Å². The van der Waals surface area contributed by atoms with Gasteiger partial charge in [-0.05, 0) is 19.0 Å². The number of ether oxygens (including phenoxy) is 1. The van der Waals surface area contributed by atoms with Crippen LogP contribution in [0.5, 0.6) is 5.75 Å². The number of non-ortho nitro benzene ring substituents is 1. The van der Waals surface area contributed by atoms with E-state index in [9.17, 15) is 14.9 Å². The summed E-state index contributed by atoms with van der Waals surface area (Å²) < 4.78 is 5.20. The molecule has 1 aromatic rings. The van der Waals surface area contributed by atoms with Crippen LogP contribution < -0.4 is 4.74 Å². The van der Waals surface area contributed by atoms with E-state index in [1.165, 1.54) is 19.2 Å². The Morgan fingerprint density at radius 1 is 1.57 bits per heavy atom. The van der Waals surface area contributed by atoms with Gasteiger partial charge in [-0.2, -0.15) is 0 Å². The fourth-order valence-corrected chi connectivity index (χ4v) is 2.42. The molecular weight excluding hydrogens is 300 g/mol. The zero-order valence-electron chi connectivity index (χ0n) is 11.5. The molecule has 1 N–H and O–H groups in total. The number of halogens is 1. The minimum atomic E-state index is -0.793. The molecule has 8 heteroatoms. The Bertz CT molecular complexity index is 537. The zero-order valence-corrected chi connectivity index (χ0v) is 12.3. The summed E-state index contributed by atoms with van der Waals surface area (Å²) in [5.74, 6) is -0.576. The molecule has 0 aromatic heterocycles. The lowest BCUT2D eigenvalue weighted by atomic mass is 10.1. The molecule has 1 unspecified atom stereocenters.